The Balaban J connectivity index is 1.47. The third kappa shape index (κ3) is 5.08. The fraction of sp³-hybridized carbons (Fsp3) is 0.571. The minimum Gasteiger partial charge on any atom is -0.497 e. The zero-order valence-electron chi connectivity index (χ0n) is 15.3. The molecule has 0 bridgehead atoms. The van der Waals surface area contributed by atoms with Gasteiger partial charge in [-0.2, -0.15) is 0 Å². The van der Waals surface area contributed by atoms with Crippen molar-refractivity contribution in [1.29, 1.82) is 0 Å². The Morgan fingerprint density at radius 1 is 1.12 bits per heavy atom. The number of ether oxygens (including phenoxy) is 1. The van der Waals surface area contributed by atoms with Gasteiger partial charge in [-0.3, -0.25) is 9.69 Å². The summed E-state index contributed by atoms with van der Waals surface area (Å²) in [4.78, 5) is 17.2. The second-order valence-corrected chi connectivity index (χ2v) is 7.04. The Hall–Kier alpha value is -1.81. The molecule has 1 aromatic carbocycles. The molecule has 1 aliphatic heterocycles. The lowest BCUT2D eigenvalue weighted by Crippen LogP contribution is -2.39. The zero-order valence-corrected chi connectivity index (χ0v) is 15.3. The molecule has 1 fully saturated rings. The highest BCUT2D eigenvalue weighted by atomic mass is 16.5. The summed E-state index contributed by atoms with van der Waals surface area (Å²) in [7, 11) is 1.67. The van der Waals surface area contributed by atoms with Crippen LogP contribution in [0.15, 0.2) is 36.4 Å². The molecule has 0 aromatic heterocycles. The van der Waals surface area contributed by atoms with Gasteiger partial charge in [-0.15, -0.1) is 0 Å². The number of hydrogen-bond acceptors (Lipinski definition) is 3. The highest BCUT2D eigenvalue weighted by Gasteiger charge is 2.23. The van der Waals surface area contributed by atoms with Crippen LogP contribution in [-0.2, 0) is 11.2 Å². The number of methoxy groups -OCH3 is 1. The van der Waals surface area contributed by atoms with Crippen molar-refractivity contribution >= 4 is 5.91 Å². The Labute approximate surface area is 151 Å². The summed E-state index contributed by atoms with van der Waals surface area (Å²) in [6.45, 7) is 3.88. The molecule has 1 saturated heterocycles. The van der Waals surface area contributed by atoms with Crippen molar-refractivity contribution in [2.24, 2.45) is 0 Å². The molecule has 1 aromatic rings. The van der Waals surface area contributed by atoms with Crippen LogP contribution in [0.4, 0.5) is 0 Å². The van der Waals surface area contributed by atoms with E-state index in [2.05, 4.69) is 22.0 Å². The number of allylic oxidation sites excluding steroid dienone is 1. The molecule has 136 valence electrons. The van der Waals surface area contributed by atoms with Gasteiger partial charge in [-0.05, 0) is 49.8 Å². The van der Waals surface area contributed by atoms with E-state index in [1.165, 1.54) is 24.8 Å². The van der Waals surface area contributed by atoms with Crippen LogP contribution in [0.3, 0.4) is 0 Å². The Kier molecular flexibility index (Phi) is 6.51. The molecule has 1 amide bonds. The largest absolute Gasteiger partial charge is 0.497 e. The van der Waals surface area contributed by atoms with E-state index in [0.717, 1.165) is 44.8 Å². The number of hydrogen-bond donors (Lipinski definition) is 0. The Morgan fingerprint density at radius 3 is 2.68 bits per heavy atom. The van der Waals surface area contributed by atoms with E-state index in [1.807, 2.05) is 24.3 Å². The van der Waals surface area contributed by atoms with Gasteiger partial charge < -0.3 is 9.64 Å². The van der Waals surface area contributed by atoms with Crippen molar-refractivity contribution in [2.75, 3.05) is 33.3 Å². The fourth-order valence-electron chi connectivity index (χ4n) is 3.82. The van der Waals surface area contributed by atoms with Gasteiger partial charge in [0, 0.05) is 38.6 Å². The van der Waals surface area contributed by atoms with Crippen molar-refractivity contribution in [2.45, 2.75) is 44.6 Å². The molecule has 3 rings (SSSR count). The maximum atomic E-state index is 12.6. The summed E-state index contributed by atoms with van der Waals surface area (Å²) >= 11 is 0. The summed E-state index contributed by atoms with van der Waals surface area (Å²) in [5, 5.41) is 0. The van der Waals surface area contributed by atoms with Crippen molar-refractivity contribution in [3.05, 3.63) is 42.0 Å². The van der Waals surface area contributed by atoms with Gasteiger partial charge in [0.05, 0.1) is 7.11 Å². The standard InChI is InChI=1S/C21H30N2O2/c1-25-20-11-8-18(9-12-20)10-13-21(24)23-15-5-14-22(16-17-23)19-6-3-2-4-7-19/h3,6,8-9,11-12,19H,2,4-5,7,10,13-17H2,1H3/t19-/m0/s1. The summed E-state index contributed by atoms with van der Waals surface area (Å²) in [6, 6.07) is 8.60. The quantitative estimate of drug-likeness (QED) is 0.770. The molecule has 1 heterocycles. The van der Waals surface area contributed by atoms with Gasteiger partial charge in [-0.1, -0.05) is 24.3 Å². The second-order valence-electron chi connectivity index (χ2n) is 7.04. The number of nitrogens with zero attached hydrogens (tertiary/aromatic N) is 2. The van der Waals surface area contributed by atoms with Gasteiger partial charge >= 0.3 is 0 Å². The minimum atomic E-state index is 0.289. The predicted octanol–water partition coefficient (Wildman–Crippen LogP) is 3.27. The van der Waals surface area contributed by atoms with Crippen LogP contribution in [0.25, 0.3) is 0 Å². The van der Waals surface area contributed by atoms with Crippen LogP contribution in [0, 0.1) is 0 Å². The Bertz CT molecular complexity index is 582. The van der Waals surface area contributed by atoms with Crippen molar-refractivity contribution in [3.8, 4) is 5.75 Å². The average Bonchev–Trinajstić information content (AvgIpc) is 2.93. The van der Waals surface area contributed by atoms with Crippen LogP contribution in [0.1, 0.15) is 37.7 Å². The normalized spacial score (nSPS) is 21.8. The van der Waals surface area contributed by atoms with Crippen LogP contribution in [0.2, 0.25) is 0 Å². The van der Waals surface area contributed by atoms with Gasteiger partial charge in [0.15, 0.2) is 0 Å². The van der Waals surface area contributed by atoms with Gasteiger partial charge in [0.25, 0.3) is 0 Å². The lowest BCUT2D eigenvalue weighted by Gasteiger charge is -2.30. The summed E-state index contributed by atoms with van der Waals surface area (Å²) in [5.41, 5.74) is 1.19. The first-order valence-electron chi connectivity index (χ1n) is 9.57. The zero-order chi connectivity index (χ0) is 17.5. The first-order chi connectivity index (χ1) is 12.3. The average molecular weight is 342 g/mol. The monoisotopic (exact) mass is 342 g/mol. The molecule has 0 radical (unpaired) electrons. The summed E-state index contributed by atoms with van der Waals surface area (Å²) in [6.07, 6.45) is 10.9. The molecule has 4 heteroatoms. The number of carbonyl (C=O) groups is 1. The first kappa shape index (κ1) is 18.0. The predicted molar refractivity (Wildman–Crippen MR) is 101 cm³/mol. The third-order valence-corrected chi connectivity index (χ3v) is 5.37. The van der Waals surface area contributed by atoms with E-state index in [-0.39, 0.29) is 5.91 Å². The highest BCUT2D eigenvalue weighted by molar-refractivity contribution is 5.76. The van der Waals surface area contributed by atoms with E-state index >= 15 is 0 Å². The molecule has 0 unspecified atom stereocenters. The number of amides is 1. The number of carbonyl (C=O) groups excluding carboxylic acids is 1. The fourth-order valence-corrected chi connectivity index (χ4v) is 3.82. The topological polar surface area (TPSA) is 32.8 Å². The van der Waals surface area contributed by atoms with Crippen molar-refractivity contribution < 1.29 is 9.53 Å². The lowest BCUT2D eigenvalue weighted by atomic mass is 10.0. The molecular weight excluding hydrogens is 312 g/mol. The van der Waals surface area contributed by atoms with Gasteiger partial charge in [0.1, 0.15) is 5.75 Å². The van der Waals surface area contributed by atoms with Crippen LogP contribution in [0.5, 0.6) is 5.75 Å². The Morgan fingerprint density at radius 2 is 1.96 bits per heavy atom. The summed E-state index contributed by atoms with van der Waals surface area (Å²) in [5.74, 6) is 1.15. The first-order valence-corrected chi connectivity index (χ1v) is 9.57. The highest BCUT2D eigenvalue weighted by Crippen LogP contribution is 2.19. The van der Waals surface area contributed by atoms with Crippen LogP contribution in [-0.4, -0.2) is 55.0 Å². The van der Waals surface area contributed by atoms with E-state index in [9.17, 15) is 4.79 Å². The molecule has 4 nitrogen and oxygen atoms in total. The van der Waals surface area contributed by atoms with E-state index in [0.29, 0.717) is 12.5 Å². The smallest absolute Gasteiger partial charge is 0.222 e. The molecule has 1 atom stereocenters. The van der Waals surface area contributed by atoms with Crippen LogP contribution >= 0.6 is 0 Å². The SMILES string of the molecule is COc1ccc(CCC(=O)N2CCCN([C@H]3C=CCCC3)CC2)cc1. The molecule has 2 aliphatic rings. The van der Waals surface area contributed by atoms with Gasteiger partial charge in [0.2, 0.25) is 5.91 Å². The number of benzene rings is 1. The maximum Gasteiger partial charge on any atom is 0.222 e. The van der Waals surface area contributed by atoms with E-state index < -0.39 is 0 Å². The molecule has 0 N–H and O–H groups in total. The molecule has 25 heavy (non-hydrogen) atoms. The minimum absolute atomic E-state index is 0.289. The number of rotatable bonds is 5. The van der Waals surface area contributed by atoms with E-state index in [4.69, 9.17) is 4.74 Å². The van der Waals surface area contributed by atoms with Crippen LogP contribution < -0.4 is 4.74 Å². The molecule has 1 aliphatic carbocycles. The van der Waals surface area contributed by atoms with Crippen molar-refractivity contribution in [1.82, 2.24) is 9.80 Å². The molecule has 0 saturated carbocycles. The number of aryl methyl sites for hydroxylation is 1. The second kappa shape index (κ2) is 9.04. The lowest BCUT2D eigenvalue weighted by molar-refractivity contribution is -0.131. The molecular formula is C21H30N2O2. The maximum absolute atomic E-state index is 12.6. The van der Waals surface area contributed by atoms with Crippen molar-refractivity contribution in [3.63, 3.8) is 0 Å². The van der Waals surface area contributed by atoms with E-state index in [1.54, 1.807) is 7.11 Å². The summed E-state index contributed by atoms with van der Waals surface area (Å²) < 4.78 is 5.18. The van der Waals surface area contributed by atoms with Gasteiger partial charge in [-0.25, -0.2) is 0 Å². The molecule has 0 spiro atoms. The third-order valence-electron chi connectivity index (χ3n) is 5.37.